The van der Waals surface area contributed by atoms with Crippen molar-refractivity contribution in [2.24, 2.45) is 5.73 Å². The standard InChI is InChI=1S/C10H11F3N2O4/c1-18-9-6(3-14)15-4-5(2-7(16)17)8(9)19-10(11,12)13/h4H,2-3,14H2,1H3,(H,16,17). The van der Waals surface area contributed by atoms with Crippen LogP contribution in [0.3, 0.4) is 0 Å². The second-order valence-corrected chi connectivity index (χ2v) is 3.41. The minimum Gasteiger partial charge on any atom is -0.491 e. The van der Waals surface area contributed by atoms with Crippen molar-refractivity contribution >= 4 is 5.97 Å². The molecule has 9 heteroatoms. The van der Waals surface area contributed by atoms with Gasteiger partial charge in [0.1, 0.15) is 0 Å². The van der Waals surface area contributed by atoms with Gasteiger partial charge in [-0.2, -0.15) is 0 Å². The van der Waals surface area contributed by atoms with Crippen molar-refractivity contribution in [3.63, 3.8) is 0 Å². The zero-order valence-corrected chi connectivity index (χ0v) is 9.82. The van der Waals surface area contributed by atoms with Gasteiger partial charge in [0.25, 0.3) is 0 Å². The van der Waals surface area contributed by atoms with E-state index in [4.69, 9.17) is 15.6 Å². The predicted molar refractivity (Wildman–Crippen MR) is 56.7 cm³/mol. The van der Waals surface area contributed by atoms with E-state index in [1.165, 1.54) is 0 Å². The van der Waals surface area contributed by atoms with Crippen LogP contribution in [0, 0.1) is 0 Å². The van der Waals surface area contributed by atoms with Gasteiger partial charge in [0.05, 0.1) is 19.2 Å². The molecule has 0 amide bonds. The molecule has 19 heavy (non-hydrogen) atoms. The second-order valence-electron chi connectivity index (χ2n) is 3.41. The lowest BCUT2D eigenvalue weighted by Gasteiger charge is -2.17. The lowest BCUT2D eigenvalue weighted by atomic mass is 10.1. The number of aliphatic carboxylic acids is 1. The van der Waals surface area contributed by atoms with Crippen LogP contribution in [0.25, 0.3) is 0 Å². The quantitative estimate of drug-likeness (QED) is 0.838. The molecule has 1 heterocycles. The molecule has 0 aliphatic carbocycles. The van der Waals surface area contributed by atoms with Gasteiger partial charge in [-0.05, 0) is 0 Å². The first-order valence-electron chi connectivity index (χ1n) is 5.00. The zero-order chi connectivity index (χ0) is 14.6. The van der Waals surface area contributed by atoms with Gasteiger partial charge >= 0.3 is 12.3 Å². The third-order valence-corrected chi connectivity index (χ3v) is 2.09. The maximum absolute atomic E-state index is 12.3. The third-order valence-electron chi connectivity index (χ3n) is 2.09. The summed E-state index contributed by atoms with van der Waals surface area (Å²) in [6, 6.07) is 0. The van der Waals surface area contributed by atoms with E-state index in [1.807, 2.05) is 0 Å². The van der Waals surface area contributed by atoms with E-state index in [-0.39, 0.29) is 23.6 Å². The number of hydrogen-bond acceptors (Lipinski definition) is 5. The first kappa shape index (κ1) is 15.0. The summed E-state index contributed by atoms with van der Waals surface area (Å²) in [5, 5.41) is 8.65. The highest BCUT2D eigenvalue weighted by atomic mass is 19.4. The van der Waals surface area contributed by atoms with Crippen LogP contribution >= 0.6 is 0 Å². The van der Waals surface area contributed by atoms with Crippen LogP contribution in [-0.4, -0.2) is 29.5 Å². The van der Waals surface area contributed by atoms with Gasteiger partial charge in [0, 0.05) is 18.3 Å². The molecule has 1 aromatic rings. The van der Waals surface area contributed by atoms with Crippen molar-refractivity contribution in [2.45, 2.75) is 19.3 Å². The molecule has 3 N–H and O–H groups in total. The normalized spacial score (nSPS) is 11.2. The number of aromatic nitrogens is 1. The van der Waals surface area contributed by atoms with Gasteiger partial charge in [-0.1, -0.05) is 0 Å². The Labute approximate surface area is 105 Å². The summed E-state index contributed by atoms with van der Waals surface area (Å²) < 4.78 is 45.6. The van der Waals surface area contributed by atoms with Crippen molar-refractivity contribution in [2.75, 3.05) is 7.11 Å². The summed E-state index contributed by atoms with van der Waals surface area (Å²) in [7, 11) is 1.12. The first-order valence-corrected chi connectivity index (χ1v) is 5.00. The number of carboxylic acids is 1. The van der Waals surface area contributed by atoms with Gasteiger partial charge in [-0.3, -0.25) is 9.78 Å². The smallest absolute Gasteiger partial charge is 0.491 e. The van der Waals surface area contributed by atoms with Crippen molar-refractivity contribution in [3.8, 4) is 11.5 Å². The molecule has 1 rings (SSSR count). The lowest BCUT2D eigenvalue weighted by molar-refractivity contribution is -0.275. The maximum Gasteiger partial charge on any atom is 0.573 e. The molecular formula is C10H11F3N2O4. The summed E-state index contributed by atoms with van der Waals surface area (Å²) in [6.45, 7) is -0.176. The molecule has 0 unspecified atom stereocenters. The number of carboxylic acid groups (broad SMARTS) is 1. The minimum absolute atomic E-state index is 0.0379. The van der Waals surface area contributed by atoms with E-state index in [2.05, 4.69) is 9.72 Å². The SMILES string of the molecule is COc1c(CN)ncc(CC(=O)O)c1OC(F)(F)F. The molecule has 106 valence electrons. The fraction of sp³-hybridized carbons (Fsp3) is 0.400. The summed E-state index contributed by atoms with van der Waals surface area (Å²) in [4.78, 5) is 14.4. The molecule has 1 aromatic heterocycles. The van der Waals surface area contributed by atoms with Crippen molar-refractivity contribution in [1.29, 1.82) is 0 Å². The van der Waals surface area contributed by atoms with Crippen LogP contribution in [0.2, 0.25) is 0 Å². The summed E-state index contributed by atoms with van der Waals surface area (Å²) in [6.07, 6.45) is -4.69. The molecule has 0 saturated carbocycles. The molecule has 0 fully saturated rings. The average Bonchev–Trinajstić information content (AvgIpc) is 2.28. The molecule has 0 atom stereocenters. The molecule has 0 aromatic carbocycles. The molecule has 0 radical (unpaired) electrons. The van der Waals surface area contributed by atoms with Gasteiger partial charge < -0.3 is 20.3 Å². The average molecular weight is 280 g/mol. The Bertz CT molecular complexity index is 477. The van der Waals surface area contributed by atoms with E-state index >= 15 is 0 Å². The lowest BCUT2D eigenvalue weighted by Crippen LogP contribution is -2.20. The molecule has 0 spiro atoms. The van der Waals surface area contributed by atoms with Crippen LogP contribution < -0.4 is 15.2 Å². The zero-order valence-electron chi connectivity index (χ0n) is 9.82. The fourth-order valence-electron chi connectivity index (χ4n) is 1.42. The molecular weight excluding hydrogens is 269 g/mol. The number of carbonyl (C=O) groups is 1. The predicted octanol–water partition coefficient (Wildman–Crippen LogP) is 1.07. The Morgan fingerprint density at radius 3 is 2.53 bits per heavy atom. The van der Waals surface area contributed by atoms with Crippen LogP contribution in [0.15, 0.2) is 6.20 Å². The van der Waals surface area contributed by atoms with E-state index in [9.17, 15) is 18.0 Å². The number of nitrogens with zero attached hydrogens (tertiary/aromatic N) is 1. The highest BCUT2D eigenvalue weighted by Gasteiger charge is 2.35. The van der Waals surface area contributed by atoms with Crippen LogP contribution in [-0.2, 0) is 17.8 Å². The third kappa shape index (κ3) is 3.98. The number of pyridine rings is 1. The monoisotopic (exact) mass is 280 g/mol. The van der Waals surface area contributed by atoms with E-state index in [0.29, 0.717) is 0 Å². The minimum atomic E-state index is -4.98. The topological polar surface area (TPSA) is 94.7 Å². The second kappa shape index (κ2) is 5.74. The molecule has 0 aliphatic heterocycles. The number of hydrogen-bond donors (Lipinski definition) is 2. The molecule has 0 aliphatic rings. The Kier molecular flexibility index (Phi) is 4.54. The van der Waals surface area contributed by atoms with Gasteiger partial charge in [-0.15, -0.1) is 13.2 Å². The fourth-order valence-corrected chi connectivity index (χ4v) is 1.42. The van der Waals surface area contributed by atoms with Gasteiger partial charge in [0.15, 0.2) is 11.5 Å². The number of alkyl halides is 3. The summed E-state index contributed by atoms with van der Waals surface area (Å²) >= 11 is 0. The number of rotatable bonds is 5. The number of nitrogens with two attached hydrogens (primary N) is 1. The summed E-state index contributed by atoms with van der Waals surface area (Å²) in [5.41, 5.74) is 5.10. The van der Waals surface area contributed by atoms with Crippen molar-refractivity contribution in [1.82, 2.24) is 4.98 Å². The number of methoxy groups -OCH3 is 1. The van der Waals surface area contributed by atoms with Crippen molar-refractivity contribution in [3.05, 3.63) is 17.5 Å². The van der Waals surface area contributed by atoms with Crippen molar-refractivity contribution < 1.29 is 32.5 Å². The Balaban J connectivity index is 3.35. The van der Waals surface area contributed by atoms with Crippen LogP contribution in [0.4, 0.5) is 13.2 Å². The maximum atomic E-state index is 12.3. The van der Waals surface area contributed by atoms with E-state index in [0.717, 1.165) is 13.3 Å². The van der Waals surface area contributed by atoms with Gasteiger partial charge in [-0.25, -0.2) is 0 Å². The number of halogens is 3. The highest BCUT2D eigenvalue weighted by Crippen LogP contribution is 2.37. The Morgan fingerprint density at radius 2 is 2.11 bits per heavy atom. The van der Waals surface area contributed by atoms with E-state index in [1.54, 1.807) is 0 Å². The molecule has 0 saturated heterocycles. The highest BCUT2D eigenvalue weighted by molar-refractivity contribution is 5.72. The van der Waals surface area contributed by atoms with Gasteiger partial charge in [0.2, 0.25) is 0 Å². The summed E-state index contributed by atoms with van der Waals surface area (Å²) in [5.74, 6) is -2.37. The Hall–Kier alpha value is -2.03. The van der Waals surface area contributed by atoms with E-state index < -0.39 is 24.5 Å². The molecule has 6 nitrogen and oxygen atoms in total. The first-order chi connectivity index (χ1) is 8.78. The number of ether oxygens (including phenoxy) is 2. The largest absolute Gasteiger partial charge is 0.573 e. The van der Waals surface area contributed by atoms with Crippen LogP contribution in [0.5, 0.6) is 11.5 Å². The molecule has 0 bridgehead atoms. The Morgan fingerprint density at radius 1 is 1.47 bits per heavy atom. The van der Waals surface area contributed by atoms with Crippen LogP contribution in [0.1, 0.15) is 11.3 Å².